The molecule has 4 rings (SSSR count). The van der Waals surface area contributed by atoms with E-state index in [9.17, 15) is 0 Å². The Kier molecular flexibility index (Phi) is 4.70. The molecule has 3 atom stereocenters. The van der Waals surface area contributed by atoms with Crippen LogP contribution < -0.4 is 0 Å². The van der Waals surface area contributed by atoms with Gasteiger partial charge in [0.2, 0.25) is 0 Å². The molecule has 0 amide bonds. The summed E-state index contributed by atoms with van der Waals surface area (Å²) in [6.07, 6.45) is 5.48. The molecule has 2 aromatic rings. The highest BCUT2D eigenvalue weighted by Crippen LogP contribution is 2.63. The van der Waals surface area contributed by atoms with Crippen LogP contribution in [0.5, 0.6) is 0 Å². The van der Waals surface area contributed by atoms with Crippen molar-refractivity contribution < 1.29 is 4.52 Å². The molecular weight excluding hydrogens is 333 g/mol. The largest absolute Gasteiger partial charge is 0.338 e. The zero-order valence-corrected chi connectivity index (χ0v) is 16.2. The van der Waals surface area contributed by atoms with Crippen LogP contribution in [-0.2, 0) is 4.52 Å². The van der Waals surface area contributed by atoms with Crippen LogP contribution >= 0.6 is 18.3 Å². The normalized spacial score (nSPS) is 28.0. The molecule has 2 saturated heterocycles. The minimum atomic E-state index is -1.08. The van der Waals surface area contributed by atoms with Crippen molar-refractivity contribution in [3.8, 4) is 0 Å². The summed E-state index contributed by atoms with van der Waals surface area (Å²) in [5.41, 5.74) is 0. The molecule has 2 nitrogen and oxygen atoms in total. The number of benzene rings is 2. The molecule has 0 aromatic heterocycles. The molecule has 2 aliphatic heterocycles. The first-order chi connectivity index (χ1) is 11.7. The van der Waals surface area contributed by atoms with Crippen LogP contribution in [0.3, 0.4) is 0 Å². The van der Waals surface area contributed by atoms with Crippen molar-refractivity contribution >= 4 is 18.3 Å². The predicted octanol–water partition coefficient (Wildman–Crippen LogP) is 5.34. The highest BCUT2D eigenvalue weighted by atomic mass is 32.3. The molecule has 0 N–H and O–H groups in total. The van der Waals surface area contributed by atoms with E-state index >= 15 is 0 Å². The second kappa shape index (κ2) is 6.80. The Hall–Kier alpha value is -0.860. The summed E-state index contributed by atoms with van der Waals surface area (Å²) < 4.78 is 9.11. The highest BCUT2D eigenvalue weighted by molar-refractivity contribution is 8.33. The van der Waals surface area contributed by atoms with E-state index in [0.29, 0.717) is 12.1 Å². The number of rotatable bonds is 4. The zero-order chi connectivity index (χ0) is 16.6. The fraction of sp³-hybridized carbons (Fsp3) is 0.400. The van der Waals surface area contributed by atoms with Gasteiger partial charge < -0.3 is 4.52 Å². The number of hydrogen-bond donors (Lipinski definition) is 0. The van der Waals surface area contributed by atoms with Crippen molar-refractivity contribution in [3.63, 3.8) is 0 Å². The summed E-state index contributed by atoms with van der Waals surface area (Å²) in [5.74, 6) is 1.13. The fourth-order valence-corrected chi connectivity index (χ4v) is 9.13. The van der Waals surface area contributed by atoms with Gasteiger partial charge in [-0.25, -0.2) is 0 Å². The quantitative estimate of drug-likeness (QED) is 0.683. The van der Waals surface area contributed by atoms with Gasteiger partial charge in [-0.3, -0.25) is 4.67 Å². The summed E-state index contributed by atoms with van der Waals surface area (Å²) in [7, 11) is -1.47. The van der Waals surface area contributed by atoms with E-state index in [1.54, 1.807) is 0 Å². The van der Waals surface area contributed by atoms with E-state index in [0.717, 1.165) is 5.75 Å². The number of nitrogens with zero attached hydrogens (tertiary/aromatic N) is 1. The van der Waals surface area contributed by atoms with E-state index in [2.05, 4.69) is 78.3 Å². The second-order valence-corrected chi connectivity index (χ2v) is 12.0. The Morgan fingerprint density at radius 3 is 2.21 bits per heavy atom. The molecule has 2 heterocycles. The average Bonchev–Trinajstić information content (AvgIpc) is 3.22. The molecule has 0 radical (unpaired) electrons. The van der Waals surface area contributed by atoms with Crippen molar-refractivity contribution in [2.75, 3.05) is 25.2 Å². The first-order valence-electron chi connectivity index (χ1n) is 8.72. The first kappa shape index (κ1) is 16.6. The lowest BCUT2D eigenvalue weighted by Gasteiger charge is -2.39. The van der Waals surface area contributed by atoms with Crippen LogP contribution in [0.4, 0.5) is 0 Å². The van der Waals surface area contributed by atoms with E-state index in [-0.39, 0.29) is 8.30 Å². The molecule has 3 unspecified atom stereocenters. The van der Waals surface area contributed by atoms with E-state index < -0.39 is 10.0 Å². The summed E-state index contributed by atoms with van der Waals surface area (Å²) >= 11 is 0. The standard InChI is InChI=1S/C20H26NOPS/c1-23-21-15-9-14-19(21)20(22-23)16-24(2,17-10-5-3-6-11-17)18-12-7-4-8-13-18/h3-8,10-13,19-20H,9,14-16H2,1-2H3. The van der Waals surface area contributed by atoms with Gasteiger partial charge in [-0.1, -0.05) is 36.4 Å². The van der Waals surface area contributed by atoms with Gasteiger partial charge in [-0.15, -0.1) is 0 Å². The van der Waals surface area contributed by atoms with Gasteiger partial charge >= 0.3 is 0 Å². The van der Waals surface area contributed by atoms with Crippen molar-refractivity contribution in [3.05, 3.63) is 60.7 Å². The van der Waals surface area contributed by atoms with Crippen molar-refractivity contribution in [2.45, 2.75) is 34.8 Å². The summed E-state index contributed by atoms with van der Waals surface area (Å²) in [4.78, 5) is 2.94. The first-order valence-corrected chi connectivity index (χ1v) is 12.6. The van der Waals surface area contributed by atoms with Gasteiger partial charge in [0.25, 0.3) is 0 Å². The van der Waals surface area contributed by atoms with Gasteiger partial charge in [0, 0.05) is 18.3 Å². The molecule has 2 fully saturated rings. The predicted molar refractivity (Wildman–Crippen MR) is 105 cm³/mol. The maximum absolute atomic E-state index is 6.48. The summed E-state index contributed by atoms with van der Waals surface area (Å²) in [6, 6.07) is 22.8. The van der Waals surface area contributed by atoms with Crippen LogP contribution in [0.1, 0.15) is 12.8 Å². The monoisotopic (exact) mass is 359 g/mol. The molecular formula is C20H26NOPS. The fourth-order valence-electron chi connectivity index (χ4n) is 4.07. The minimum Gasteiger partial charge on any atom is -0.338 e. The lowest BCUT2D eigenvalue weighted by atomic mass is 10.1. The topological polar surface area (TPSA) is 12.5 Å². The molecule has 24 heavy (non-hydrogen) atoms. The third-order valence-corrected chi connectivity index (χ3v) is 10.8. The number of hydrogen-bond acceptors (Lipinski definition) is 2. The molecule has 2 aliphatic rings. The van der Waals surface area contributed by atoms with Crippen LogP contribution in [0.25, 0.3) is 0 Å². The maximum atomic E-state index is 6.48. The molecule has 0 spiro atoms. The Morgan fingerprint density at radius 2 is 1.62 bits per heavy atom. The van der Waals surface area contributed by atoms with Gasteiger partial charge in [0.15, 0.2) is 0 Å². The molecule has 4 heteroatoms. The van der Waals surface area contributed by atoms with E-state index in [4.69, 9.17) is 4.52 Å². The number of fused-ring (bicyclic) bond motifs is 1. The van der Waals surface area contributed by atoms with Gasteiger partial charge in [0.05, 0.1) is 6.10 Å². The van der Waals surface area contributed by atoms with Crippen molar-refractivity contribution in [1.29, 1.82) is 0 Å². The molecule has 128 valence electrons. The van der Waals surface area contributed by atoms with Crippen LogP contribution in [0, 0.1) is 0 Å². The third-order valence-electron chi connectivity index (χ3n) is 5.37. The molecule has 0 aliphatic carbocycles. The summed E-state index contributed by atoms with van der Waals surface area (Å²) in [6.45, 7) is 3.51. The smallest absolute Gasteiger partial charge is 0.101 e. The Bertz CT molecular complexity index is 641. The Morgan fingerprint density at radius 1 is 1.04 bits per heavy atom. The van der Waals surface area contributed by atoms with Crippen molar-refractivity contribution in [2.24, 2.45) is 0 Å². The second-order valence-electron chi connectivity index (χ2n) is 6.86. The Balaban J connectivity index is 1.69. The lowest BCUT2D eigenvalue weighted by Crippen LogP contribution is -2.32. The highest BCUT2D eigenvalue weighted by Gasteiger charge is 2.45. The zero-order valence-electron chi connectivity index (χ0n) is 14.5. The molecule has 2 aromatic carbocycles. The van der Waals surface area contributed by atoms with E-state index in [1.807, 2.05) is 0 Å². The van der Waals surface area contributed by atoms with Crippen LogP contribution in [-0.4, -0.2) is 42.0 Å². The van der Waals surface area contributed by atoms with Gasteiger partial charge in [0.1, 0.15) is 8.30 Å². The average molecular weight is 359 g/mol. The SMILES string of the molecule is CP1OC(CS(C)(c2ccccc2)c2ccccc2)C2CCCN21. The van der Waals surface area contributed by atoms with Crippen LogP contribution in [0.2, 0.25) is 0 Å². The van der Waals surface area contributed by atoms with E-state index in [1.165, 1.54) is 29.2 Å². The lowest BCUT2D eigenvalue weighted by molar-refractivity contribution is 0.236. The minimum absolute atomic E-state index is 0.379. The molecule has 0 bridgehead atoms. The third kappa shape index (κ3) is 2.93. The van der Waals surface area contributed by atoms with Gasteiger partial charge in [-0.05, 0) is 59.8 Å². The molecule has 0 saturated carbocycles. The maximum Gasteiger partial charge on any atom is 0.101 e. The van der Waals surface area contributed by atoms with Crippen molar-refractivity contribution in [1.82, 2.24) is 4.67 Å². The Labute approximate surface area is 148 Å². The van der Waals surface area contributed by atoms with Crippen LogP contribution in [0.15, 0.2) is 70.5 Å². The van der Waals surface area contributed by atoms with Gasteiger partial charge in [-0.2, -0.15) is 10.0 Å². The summed E-state index contributed by atoms with van der Waals surface area (Å²) in [5, 5.41) is 0.